The van der Waals surface area contributed by atoms with Gasteiger partial charge in [-0.15, -0.1) is 11.3 Å². The maximum Gasteiger partial charge on any atom is 0.342 e. The smallest absolute Gasteiger partial charge is 0.342 e. The van der Waals surface area contributed by atoms with Gasteiger partial charge in [0, 0.05) is 16.2 Å². The van der Waals surface area contributed by atoms with Crippen LogP contribution in [0.2, 0.25) is 0 Å². The lowest BCUT2D eigenvalue weighted by Gasteiger charge is -2.11. The number of nitrogens with one attached hydrogen (secondary N) is 1. The van der Waals surface area contributed by atoms with Gasteiger partial charge in [-0.3, -0.25) is 4.72 Å². The molecule has 0 aliphatic heterocycles. The van der Waals surface area contributed by atoms with E-state index in [1.165, 1.54) is 0 Å². The van der Waals surface area contributed by atoms with Crippen molar-refractivity contribution in [3.05, 3.63) is 95.1 Å². The summed E-state index contributed by atoms with van der Waals surface area (Å²) >= 11 is 1.13. The Bertz CT molecular complexity index is 1570. The molecule has 0 aliphatic carbocycles. The van der Waals surface area contributed by atoms with Crippen LogP contribution in [-0.2, 0) is 21.4 Å². The second kappa shape index (κ2) is 8.38. The fourth-order valence-electron chi connectivity index (χ4n) is 3.78. The quantitative estimate of drug-likeness (QED) is 0.298. The van der Waals surface area contributed by atoms with Crippen molar-refractivity contribution in [2.45, 2.75) is 17.7 Å². The lowest BCUT2D eigenvalue weighted by atomic mass is 10.0. The SMILES string of the molecule is Cc1oc2c(cc(NS(=O)(=O)c3cccs3)c3ccccc32)c1C(=O)OCc1ccccc1. The Hall–Kier alpha value is -3.62. The molecule has 0 saturated heterocycles. The molecule has 0 spiro atoms. The van der Waals surface area contributed by atoms with E-state index in [4.69, 9.17) is 9.15 Å². The number of thiophene rings is 1. The zero-order valence-corrected chi connectivity index (χ0v) is 19.2. The highest BCUT2D eigenvalue weighted by Gasteiger charge is 2.24. The van der Waals surface area contributed by atoms with Crippen molar-refractivity contribution >= 4 is 54.8 Å². The van der Waals surface area contributed by atoms with Crippen molar-refractivity contribution in [3.63, 3.8) is 0 Å². The number of esters is 1. The summed E-state index contributed by atoms with van der Waals surface area (Å²) in [6.07, 6.45) is 0. The summed E-state index contributed by atoms with van der Waals surface area (Å²) in [4.78, 5) is 13.0. The number of rotatable bonds is 6. The molecule has 0 fully saturated rings. The molecule has 0 radical (unpaired) electrons. The molecule has 3 aromatic carbocycles. The highest BCUT2D eigenvalue weighted by atomic mass is 32.2. The summed E-state index contributed by atoms with van der Waals surface area (Å²) < 4.78 is 40.2. The van der Waals surface area contributed by atoms with Crippen LogP contribution in [0.3, 0.4) is 0 Å². The van der Waals surface area contributed by atoms with Crippen LogP contribution in [0.1, 0.15) is 21.7 Å². The van der Waals surface area contributed by atoms with Crippen molar-refractivity contribution in [2.75, 3.05) is 4.72 Å². The van der Waals surface area contributed by atoms with E-state index in [9.17, 15) is 13.2 Å². The largest absolute Gasteiger partial charge is 0.460 e. The van der Waals surface area contributed by atoms with Crippen molar-refractivity contribution in [2.24, 2.45) is 0 Å². The Labute approximate surface area is 194 Å². The first kappa shape index (κ1) is 21.2. The number of aryl methyl sites for hydroxylation is 1. The van der Waals surface area contributed by atoms with Crippen LogP contribution < -0.4 is 4.72 Å². The first-order chi connectivity index (χ1) is 15.9. The number of fused-ring (bicyclic) bond motifs is 3. The maximum atomic E-state index is 13.0. The second-order valence-electron chi connectivity index (χ2n) is 7.48. The second-order valence-corrected chi connectivity index (χ2v) is 10.3. The lowest BCUT2D eigenvalue weighted by Crippen LogP contribution is -2.12. The molecule has 5 aromatic rings. The molecule has 8 heteroatoms. The van der Waals surface area contributed by atoms with Gasteiger partial charge < -0.3 is 9.15 Å². The molecule has 6 nitrogen and oxygen atoms in total. The Kier molecular flexibility index (Phi) is 5.39. The summed E-state index contributed by atoms with van der Waals surface area (Å²) in [5.74, 6) is -0.121. The van der Waals surface area contributed by atoms with Crippen LogP contribution in [0.4, 0.5) is 5.69 Å². The average molecular weight is 478 g/mol. The molecular formula is C25H19NO5S2. The minimum absolute atomic E-state index is 0.122. The minimum Gasteiger partial charge on any atom is -0.460 e. The molecule has 0 saturated carbocycles. The molecule has 1 N–H and O–H groups in total. The monoisotopic (exact) mass is 477 g/mol. The van der Waals surface area contributed by atoms with Gasteiger partial charge in [-0.1, -0.05) is 60.7 Å². The Balaban J connectivity index is 1.60. The fourth-order valence-corrected chi connectivity index (χ4v) is 5.85. The topological polar surface area (TPSA) is 85.6 Å². The molecule has 2 aromatic heterocycles. The number of carbonyl (C=O) groups excluding carboxylic acids is 1. The lowest BCUT2D eigenvalue weighted by molar-refractivity contribution is 0.0473. The van der Waals surface area contributed by atoms with Gasteiger partial charge in [0.15, 0.2) is 0 Å². The number of carbonyl (C=O) groups is 1. The third-order valence-electron chi connectivity index (χ3n) is 5.29. The number of anilines is 1. The van der Waals surface area contributed by atoms with Gasteiger partial charge in [-0.2, -0.15) is 0 Å². The van der Waals surface area contributed by atoms with Crippen molar-refractivity contribution in [1.29, 1.82) is 0 Å². The number of ether oxygens (including phenoxy) is 1. The predicted octanol–water partition coefficient (Wildman–Crippen LogP) is 6.11. The first-order valence-electron chi connectivity index (χ1n) is 10.2. The Morgan fingerprint density at radius 3 is 2.42 bits per heavy atom. The molecule has 2 heterocycles. The van der Waals surface area contributed by atoms with Gasteiger partial charge in [-0.05, 0) is 30.0 Å². The van der Waals surface area contributed by atoms with Crippen LogP contribution >= 0.6 is 11.3 Å². The van der Waals surface area contributed by atoms with E-state index in [0.717, 1.165) is 16.9 Å². The molecule has 166 valence electrons. The summed E-state index contributed by atoms with van der Waals surface area (Å²) in [5.41, 5.74) is 2.02. The van der Waals surface area contributed by atoms with Crippen molar-refractivity contribution in [3.8, 4) is 0 Å². The van der Waals surface area contributed by atoms with Crippen molar-refractivity contribution in [1.82, 2.24) is 0 Å². The van der Waals surface area contributed by atoms with E-state index in [2.05, 4.69) is 4.72 Å². The van der Waals surface area contributed by atoms with Crippen molar-refractivity contribution < 1.29 is 22.4 Å². The molecule has 33 heavy (non-hydrogen) atoms. The molecule has 0 unspecified atom stereocenters. The van der Waals surface area contributed by atoms with Gasteiger partial charge in [-0.25, -0.2) is 13.2 Å². The molecule has 0 amide bonds. The Morgan fingerprint density at radius 2 is 1.70 bits per heavy atom. The molecule has 0 atom stereocenters. The molecule has 5 rings (SSSR count). The summed E-state index contributed by atoms with van der Waals surface area (Å²) in [6.45, 7) is 1.82. The van der Waals surface area contributed by atoms with Crippen LogP contribution in [-0.4, -0.2) is 14.4 Å². The summed E-state index contributed by atoms with van der Waals surface area (Å²) in [6, 6.07) is 21.6. The average Bonchev–Trinajstić information content (AvgIpc) is 3.47. The molecule has 0 bridgehead atoms. The van der Waals surface area contributed by atoms with Crippen LogP contribution in [0.5, 0.6) is 0 Å². The van der Waals surface area contributed by atoms with E-state index in [1.807, 2.05) is 54.6 Å². The van der Waals surface area contributed by atoms with Gasteiger partial charge in [0.25, 0.3) is 10.0 Å². The Morgan fingerprint density at radius 1 is 0.970 bits per heavy atom. The molecule has 0 aliphatic rings. The van der Waals surface area contributed by atoms with Crippen LogP contribution in [0.25, 0.3) is 21.7 Å². The van der Waals surface area contributed by atoms with E-state index < -0.39 is 16.0 Å². The minimum atomic E-state index is -3.78. The number of sulfonamides is 1. The van der Waals surface area contributed by atoms with E-state index >= 15 is 0 Å². The number of benzene rings is 3. The zero-order valence-electron chi connectivity index (χ0n) is 17.6. The van der Waals surface area contributed by atoms with Gasteiger partial charge >= 0.3 is 5.97 Å². The van der Waals surface area contributed by atoms with Gasteiger partial charge in [0.05, 0.1) is 5.69 Å². The first-order valence-corrected chi connectivity index (χ1v) is 12.5. The summed E-state index contributed by atoms with van der Waals surface area (Å²) in [7, 11) is -3.78. The third kappa shape index (κ3) is 3.99. The normalized spacial score (nSPS) is 11.7. The highest BCUT2D eigenvalue weighted by molar-refractivity contribution is 7.94. The van der Waals surface area contributed by atoms with E-state index in [1.54, 1.807) is 30.5 Å². The van der Waals surface area contributed by atoms with Crippen LogP contribution in [0.15, 0.2) is 86.8 Å². The third-order valence-corrected chi connectivity index (χ3v) is 8.06. The molecular weight excluding hydrogens is 458 g/mol. The fraction of sp³-hybridized carbons (Fsp3) is 0.0800. The van der Waals surface area contributed by atoms with Gasteiger partial charge in [0.2, 0.25) is 0 Å². The maximum absolute atomic E-state index is 13.0. The highest BCUT2D eigenvalue weighted by Crippen LogP contribution is 2.38. The number of hydrogen-bond acceptors (Lipinski definition) is 6. The number of hydrogen-bond donors (Lipinski definition) is 1. The van der Waals surface area contributed by atoms with Gasteiger partial charge in [0.1, 0.15) is 27.7 Å². The standard InChI is InChI=1S/C25H19NO5S2/c1-16-23(25(27)30-15-17-8-3-2-4-9-17)20-14-21(26-33(28,29)22-12-7-13-32-22)18-10-5-6-11-19(18)24(20)31-16/h2-14,26H,15H2,1H3. The summed E-state index contributed by atoms with van der Waals surface area (Å²) in [5, 5.41) is 3.57. The number of furan rings is 1. The zero-order chi connectivity index (χ0) is 23.0. The van der Waals surface area contributed by atoms with E-state index in [0.29, 0.717) is 33.2 Å². The van der Waals surface area contributed by atoms with Crippen LogP contribution in [0, 0.1) is 6.92 Å². The van der Waals surface area contributed by atoms with E-state index in [-0.39, 0.29) is 16.4 Å². The predicted molar refractivity (Wildman–Crippen MR) is 129 cm³/mol.